The molecule has 1 aliphatic heterocycles. The van der Waals surface area contributed by atoms with Crippen LogP contribution in [0.15, 0.2) is 67.0 Å². The van der Waals surface area contributed by atoms with Gasteiger partial charge in [0, 0.05) is 18.5 Å². The molecule has 8 heteroatoms. The van der Waals surface area contributed by atoms with Crippen LogP contribution in [0.3, 0.4) is 0 Å². The van der Waals surface area contributed by atoms with Crippen LogP contribution in [0.2, 0.25) is 0 Å². The van der Waals surface area contributed by atoms with E-state index in [0.717, 1.165) is 11.1 Å². The van der Waals surface area contributed by atoms with E-state index in [9.17, 15) is 9.18 Å². The zero-order valence-corrected chi connectivity index (χ0v) is 17.0. The number of amides is 1. The summed E-state index contributed by atoms with van der Waals surface area (Å²) >= 11 is 1.27. The molecule has 0 bridgehead atoms. The van der Waals surface area contributed by atoms with Crippen LogP contribution in [0.1, 0.15) is 11.1 Å². The van der Waals surface area contributed by atoms with Gasteiger partial charge in [0.15, 0.2) is 16.6 Å². The molecule has 6 nitrogen and oxygen atoms in total. The molecule has 0 saturated carbocycles. The Bertz CT molecular complexity index is 1290. The van der Waals surface area contributed by atoms with Crippen molar-refractivity contribution in [2.45, 2.75) is 6.54 Å². The number of hydrogen-bond acceptors (Lipinski definition) is 6. The lowest BCUT2D eigenvalue weighted by atomic mass is 10.2. The van der Waals surface area contributed by atoms with Gasteiger partial charge in [0.1, 0.15) is 11.3 Å². The van der Waals surface area contributed by atoms with E-state index in [1.165, 1.54) is 28.4 Å². The molecule has 5 rings (SSSR count). The van der Waals surface area contributed by atoms with Crippen molar-refractivity contribution in [3.05, 3.63) is 83.9 Å². The molecule has 0 spiro atoms. The van der Waals surface area contributed by atoms with Crippen molar-refractivity contribution in [1.29, 1.82) is 0 Å². The van der Waals surface area contributed by atoms with E-state index in [1.807, 2.05) is 18.2 Å². The quantitative estimate of drug-likeness (QED) is 0.423. The first kappa shape index (κ1) is 19.2. The predicted octanol–water partition coefficient (Wildman–Crippen LogP) is 4.81. The predicted molar refractivity (Wildman–Crippen MR) is 117 cm³/mol. The summed E-state index contributed by atoms with van der Waals surface area (Å²) in [4.78, 5) is 23.2. The molecular weight excluding hydrogens is 417 g/mol. The fraction of sp³-hybridized carbons (Fsp3) is 0.0870. The van der Waals surface area contributed by atoms with Crippen LogP contribution in [0.25, 0.3) is 16.3 Å². The average Bonchev–Trinajstić information content (AvgIpc) is 3.44. The number of carbonyl (C=O) groups is 1. The first-order valence-corrected chi connectivity index (χ1v) is 10.3. The molecule has 154 valence electrons. The Labute approximate surface area is 181 Å². The lowest BCUT2D eigenvalue weighted by Crippen LogP contribution is -2.28. The summed E-state index contributed by atoms with van der Waals surface area (Å²) in [5, 5.41) is 0.421. The Morgan fingerprint density at radius 3 is 2.90 bits per heavy atom. The van der Waals surface area contributed by atoms with E-state index in [2.05, 4.69) is 9.97 Å². The van der Waals surface area contributed by atoms with Crippen molar-refractivity contribution in [2.24, 2.45) is 0 Å². The molecule has 0 atom stereocenters. The number of halogens is 1. The summed E-state index contributed by atoms with van der Waals surface area (Å²) in [6.45, 7) is 0.452. The summed E-state index contributed by atoms with van der Waals surface area (Å²) in [6, 6.07) is 13.9. The molecule has 0 unspecified atom stereocenters. The number of anilines is 1. The van der Waals surface area contributed by atoms with Crippen molar-refractivity contribution in [2.75, 3.05) is 11.7 Å². The van der Waals surface area contributed by atoms with Crippen LogP contribution in [0, 0.1) is 5.82 Å². The number of para-hydroxylation sites is 1. The smallest absolute Gasteiger partial charge is 0.253 e. The summed E-state index contributed by atoms with van der Waals surface area (Å²) in [6.07, 6.45) is 6.53. The second-order valence-corrected chi connectivity index (χ2v) is 7.82. The number of aromatic nitrogens is 2. The minimum Gasteiger partial charge on any atom is -0.454 e. The van der Waals surface area contributed by atoms with E-state index < -0.39 is 5.82 Å². The number of benzene rings is 2. The van der Waals surface area contributed by atoms with Crippen molar-refractivity contribution in [3.8, 4) is 11.5 Å². The van der Waals surface area contributed by atoms with Crippen molar-refractivity contribution >= 4 is 38.7 Å². The normalized spacial score (nSPS) is 12.5. The molecule has 0 fully saturated rings. The Morgan fingerprint density at radius 2 is 2.06 bits per heavy atom. The van der Waals surface area contributed by atoms with E-state index in [-0.39, 0.29) is 24.8 Å². The Morgan fingerprint density at radius 1 is 1.16 bits per heavy atom. The second-order valence-electron chi connectivity index (χ2n) is 6.81. The molecule has 2 aromatic heterocycles. The van der Waals surface area contributed by atoms with Crippen LogP contribution in [-0.4, -0.2) is 22.7 Å². The monoisotopic (exact) mass is 433 g/mol. The first-order valence-electron chi connectivity index (χ1n) is 9.50. The van der Waals surface area contributed by atoms with Gasteiger partial charge < -0.3 is 9.47 Å². The highest BCUT2D eigenvalue weighted by Crippen LogP contribution is 2.33. The molecule has 0 aliphatic carbocycles. The van der Waals surface area contributed by atoms with E-state index in [0.29, 0.717) is 21.3 Å². The van der Waals surface area contributed by atoms with Crippen LogP contribution in [0.5, 0.6) is 11.5 Å². The fourth-order valence-corrected chi connectivity index (χ4v) is 4.19. The molecular formula is C23H16FN3O3S. The lowest BCUT2D eigenvalue weighted by Gasteiger charge is -2.18. The van der Waals surface area contributed by atoms with Crippen LogP contribution >= 0.6 is 11.3 Å². The van der Waals surface area contributed by atoms with Gasteiger partial charge in [-0.25, -0.2) is 9.37 Å². The van der Waals surface area contributed by atoms with Gasteiger partial charge in [-0.1, -0.05) is 29.5 Å². The second kappa shape index (κ2) is 8.16. The summed E-state index contributed by atoms with van der Waals surface area (Å²) in [5.74, 6) is 0.632. The van der Waals surface area contributed by atoms with E-state index in [4.69, 9.17) is 9.47 Å². The van der Waals surface area contributed by atoms with Crippen LogP contribution in [0.4, 0.5) is 9.52 Å². The Kier molecular flexibility index (Phi) is 5.05. The average molecular weight is 433 g/mol. The molecule has 1 aliphatic rings. The van der Waals surface area contributed by atoms with Gasteiger partial charge in [0.25, 0.3) is 5.91 Å². The number of nitrogens with zero attached hydrogens (tertiary/aromatic N) is 3. The van der Waals surface area contributed by atoms with E-state index >= 15 is 0 Å². The van der Waals surface area contributed by atoms with Crippen molar-refractivity contribution in [1.82, 2.24) is 9.97 Å². The highest BCUT2D eigenvalue weighted by Gasteiger charge is 2.20. The standard InChI is InChI=1S/C23H16FN3O3S/c24-17-4-1-5-20-22(17)26-23(31-20)27(13-16-3-2-10-25-12-16)21(28)9-7-15-6-8-18-19(11-15)30-14-29-18/h1-12H,13-14H2/b9-7+. The zero-order chi connectivity index (χ0) is 21.2. The number of rotatable bonds is 5. The zero-order valence-electron chi connectivity index (χ0n) is 16.2. The van der Waals surface area contributed by atoms with Gasteiger partial charge in [0.05, 0.1) is 11.2 Å². The minimum absolute atomic E-state index is 0.189. The molecule has 0 radical (unpaired) electrons. The maximum Gasteiger partial charge on any atom is 0.253 e. The first-order chi connectivity index (χ1) is 15.2. The number of thiazole rings is 1. The summed E-state index contributed by atoms with van der Waals surface area (Å²) in [7, 11) is 0. The van der Waals surface area contributed by atoms with Crippen LogP contribution < -0.4 is 14.4 Å². The Balaban J connectivity index is 1.47. The number of hydrogen-bond donors (Lipinski definition) is 0. The Hall–Kier alpha value is -3.78. The van der Waals surface area contributed by atoms with Gasteiger partial charge in [-0.2, -0.15) is 0 Å². The highest BCUT2D eigenvalue weighted by molar-refractivity contribution is 7.22. The van der Waals surface area contributed by atoms with Crippen molar-refractivity contribution < 1.29 is 18.7 Å². The molecule has 31 heavy (non-hydrogen) atoms. The highest BCUT2D eigenvalue weighted by atomic mass is 32.1. The number of pyridine rings is 1. The van der Waals surface area contributed by atoms with Crippen molar-refractivity contribution in [3.63, 3.8) is 0 Å². The topological polar surface area (TPSA) is 64.6 Å². The third-order valence-electron chi connectivity index (χ3n) is 4.73. The third kappa shape index (κ3) is 3.97. The number of fused-ring (bicyclic) bond motifs is 2. The third-order valence-corrected chi connectivity index (χ3v) is 5.78. The largest absolute Gasteiger partial charge is 0.454 e. The van der Waals surface area contributed by atoms with Gasteiger partial charge in [-0.05, 0) is 47.5 Å². The maximum atomic E-state index is 14.2. The van der Waals surface area contributed by atoms with E-state index in [1.54, 1.807) is 42.7 Å². The maximum absolute atomic E-state index is 14.2. The van der Waals surface area contributed by atoms with Crippen LogP contribution in [-0.2, 0) is 11.3 Å². The number of ether oxygens (including phenoxy) is 2. The van der Waals surface area contributed by atoms with Gasteiger partial charge in [-0.15, -0.1) is 0 Å². The fourth-order valence-electron chi connectivity index (χ4n) is 3.21. The molecule has 3 heterocycles. The van der Waals surface area contributed by atoms with Gasteiger partial charge in [-0.3, -0.25) is 14.7 Å². The van der Waals surface area contributed by atoms with Gasteiger partial charge >= 0.3 is 0 Å². The molecule has 2 aromatic carbocycles. The SMILES string of the molecule is O=C(/C=C/c1ccc2c(c1)OCO2)N(Cc1cccnc1)c1nc2c(F)cccc2s1. The minimum atomic E-state index is -0.412. The molecule has 4 aromatic rings. The summed E-state index contributed by atoms with van der Waals surface area (Å²) < 4.78 is 25.5. The lowest BCUT2D eigenvalue weighted by molar-refractivity contribution is -0.114. The molecule has 0 N–H and O–H groups in total. The number of carbonyl (C=O) groups excluding carboxylic acids is 1. The molecule has 0 saturated heterocycles. The van der Waals surface area contributed by atoms with Gasteiger partial charge in [0.2, 0.25) is 6.79 Å². The summed E-state index contributed by atoms with van der Waals surface area (Å²) in [5.41, 5.74) is 1.90. The molecule has 1 amide bonds.